The van der Waals surface area contributed by atoms with Gasteiger partial charge in [-0.05, 0) is 60.2 Å². The normalized spacial score (nSPS) is 12.3. The van der Waals surface area contributed by atoms with Gasteiger partial charge in [-0.1, -0.05) is 17.7 Å². The number of anilines is 1. The lowest BCUT2D eigenvalue weighted by Gasteiger charge is -2.31. The van der Waals surface area contributed by atoms with Gasteiger partial charge in [0.1, 0.15) is 17.7 Å². The molecule has 0 saturated carbocycles. The fraction of sp³-hybridized carbons (Fsp3) is 0.240. The van der Waals surface area contributed by atoms with Crippen LogP contribution in [0.15, 0.2) is 59.5 Å². The number of hydrogen-bond acceptors (Lipinski definition) is 7. The Morgan fingerprint density at radius 1 is 1.03 bits per heavy atom. The maximum Gasteiger partial charge on any atom is 0.265 e. The summed E-state index contributed by atoms with van der Waals surface area (Å²) in [6.07, 6.45) is -0.271. The zero-order valence-corrected chi connectivity index (χ0v) is 22.5. The van der Waals surface area contributed by atoms with Gasteiger partial charge < -0.3 is 9.47 Å². The summed E-state index contributed by atoms with van der Waals surface area (Å²) >= 11 is 6.25. The summed E-state index contributed by atoms with van der Waals surface area (Å²) < 4.78 is 69.2. The van der Waals surface area contributed by atoms with Gasteiger partial charge in [0.25, 0.3) is 10.0 Å². The Bertz CT molecular complexity index is 1560. The number of aromatic nitrogens is 4. The fourth-order valence-electron chi connectivity index (χ4n) is 4.01. The van der Waals surface area contributed by atoms with Crippen LogP contribution in [0.5, 0.6) is 11.5 Å². The monoisotopic (exact) mass is 563 g/mol. The van der Waals surface area contributed by atoms with E-state index in [4.69, 9.17) is 21.1 Å². The van der Waals surface area contributed by atoms with Crippen molar-refractivity contribution in [2.45, 2.75) is 24.3 Å². The van der Waals surface area contributed by atoms with Crippen molar-refractivity contribution in [2.75, 3.05) is 18.5 Å². The molecule has 0 aliphatic carbocycles. The van der Waals surface area contributed by atoms with Crippen molar-refractivity contribution in [1.82, 2.24) is 20.2 Å². The zero-order chi connectivity index (χ0) is 27.6. The van der Waals surface area contributed by atoms with Crippen LogP contribution < -0.4 is 13.8 Å². The van der Waals surface area contributed by atoms with Crippen LogP contribution in [-0.4, -0.2) is 42.8 Å². The number of hydrogen-bond donors (Lipinski definition) is 0. The molecule has 4 aromatic rings. The number of sulfonamides is 1. The molecule has 1 heterocycles. The highest BCUT2D eigenvalue weighted by atomic mass is 35.5. The first-order valence-corrected chi connectivity index (χ1v) is 13.1. The van der Waals surface area contributed by atoms with Crippen LogP contribution in [0.1, 0.15) is 29.9 Å². The summed E-state index contributed by atoms with van der Waals surface area (Å²) in [4.78, 5) is 1.08. The fourth-order valence-corrected chi connectivity index (χ4v) is 5.88. The first-order valence-electron chi connectivity index (χ1n) is 11.3. The third-order valence-electron chi connectivity index (χ3n) is 5.87. The molecule has 13 heteroatoms. The molecule has 1 aromatic heterocycles. The zero-order valence-electron chi connectivity index (χ0n) is 20.9. The molecule has 0 aliphatic heterocycles. The topological polar surface area (TPSA) is 99.4 Å². The third-order valence-corrected chi connectivity index (χ3v) is 7.98. The number of halogens is 3. The summed E-state index contributed by atoms with van der Waals surface area (Å²) in [5.74, 6) is -0.898. The molecule has 0 spiro atoms. The molecule has 1 atom stereocenters. The van der Waals surface area contributed by atoms with E-state index in [-0.39, 0.29) is 44.7 Å². The van der Waals surface area contributed by atoms with Gasteiger partial charge in [0.05, 0.1) is 31.9 Å². The van der Waals surface area contributed by atoms with E-state index in [0.717, 1.165) is 16.4 Å². The van der Waals surface area contributed by atoms with Crippen LogP contribution in [0.25, 0.3) is 0 Å². The van der Waals surface area contributed by atoms with E-state index in [1.807, 2.05) is 0 Å². The second kappa shape index (κ2) is 10.9. The standard InChI is InChI=1S/C25H24ClF2N5O4S/c1-15(25-29-31-32(2)30-25)33(38(34,35)18-9-11-23(36-3)24(14-18)37-4)22-10-8-17(26)12-16(22)13-19-20(27)6-5-7-21(19)28/h5-12,14-15H,13H2,1-4H3. The molecule has 0 N–H and O–H groups in total. The van der Waals surface area contributed by atoms with Crippen LogP contribution >= 0.6 is 11.6 Å². The first kappa shape index (κ1) is 27.3. The summed E-state index contributed by atoms with van der Waals surface area (Å²) in [6, 6.07) is 11.1. The van der Waals surface area contributed by atoms with Crippen molar-refractivity contribution >= 4 is 27.3 Å². The summed E-state index contributed by atoms with van der Waals surface area (Å²) in [7, 11) is 0.0190. The number of tetrazole rings is 1. The second-order valence-electron chi connectivity index (χ2n) is 8.28. The molecular weight excluding hydrogens is 540 g/mol. The lowest BCUT2D eigenvalue weighted by atomic mass is 10.0. The first-order chi connectivity index (χ1) is 18.1. The quantitative estimate of drug-likeness (QED) is 0.291. The van der Waals surface area contributed by atoms with Crippen molar-refractivity contribution in [3.8, 4) is 11.5 Å². The molecule has 200 valence electrons. The molecule has 0 fully saturated rings. The van der Waals surface area contributed by atoms with Gasteiger partial charge >= 0.3 is 0 Å². The highest BCUT2D eigenvalue weighted by molar-refractivity contribution is 7.92. The van der Waals surface area contributed by atoms with Gasteiger partial charge in [-0.25, -0.2) is 17.2 Å². The van der Waals surface area contributed by atoms with Crippen LogP contribution in [0.4, 0.5) is 14.5 Å². The maximum absolute atomic E-state index is 14.6. The van der Waals surface area contributed by atoms with Crippen molar-refractivity contribution in [2.24, 2.45) is 7.05 Å². The molecule has 0 aliphatic rings. The van der Waals surface area contributed by atoms with Gasteiger partial charge in [-0.2, -0.15) is 4.80 Å². The maximum atomic E-state index is 14.6. The lowest BCUT2D eigenvalue weighted by Crippen LogP contribution is -2.35. The number of ether oxygens (including phenoxy) is 2. The van der Waals surface area contributed by atoms with E-state index >= 15 is 0 Å². The Morgan fingerprint density at radius 3 is 2.32 bits per heavy atom. The number of rotatable bonds is 9. The Morgan fingerprint density at radius 2 is 1.71 bits per heavy atom. The van der Waals surface area contributed by atoms with E-state index in [0.29, 0.717) is 5.75 Å². The molecule has 0 bridgehead atoms. The average molecular weight is 564 g/mol. The lowest BCUT2D eigenvalue weighted by molar-refractivity contribution is 0.354. The van der Waals surface area contributed by atoms with E-state index in [9.17, 15) is 17.2 Å². The van der Waals surface area contributed by atoms with Crippen LogP contribution in [0.3, 0.4) is 0 Å². The Balaban J connectivity index is 1.94. The van der Waals surface area contributed by atoms with Gasteiger partial charge in [0, 0.05) is 23.1 Å². The largest absolute Gasteiger partial charge is 0.493 e. The molecule has 0 radical (unpaired) electrons. The van der Waals surface area contributed by atoms with E-state index in [2.05, 4.69) is 15.4 Å². The highest BCUT2D eigenvalue weighted by Gasteiger charge is 2.35. The molecule has 0 saturated heterocycles. The average Bonchev–Trinajstić information content (AvgIpc) is 3.33. The van der Waals surface area contributed by atoms with Crippen molar-refractivity contribution in [3.05, 3.63) is 88.2 Å². The van der Waals surface area contributed by atoms with Crippen molar-refractivity contribution in [3.63, 3.8) is 0 Å². The minimum atomic E-state index is -4.35. The van der Waals surface area contributed by atoms with Gasteiger partial charge in [-0.3, -0.25) is 4.31 Å². The van der Waals surface area contributed by atoms with Crippen molar-refractivity contribution < 1.29 is 26.7 Å². The number of methoxy groups -OCH3 is 2. The Kier molecular flexibility index (Phi) is 7.83. The van der Waals surface area contributed by atoms with Crippen LogP contribution in [0.2, 0.25) is 5.02 Å². The van der Waals surface area contributed by atoms with E-state index < -0.39 is 27.7 Å². The Labute approximate surface area is 223 Å². The predicted molar refractivity (Wildman–Crippen MR) is 137 cm³/mol. The molecule has 38 heavy (non-hydrogen) atoms. The Hall–Kier alpha value is -3.77. The smallest absolute Gasteiger partial charge is 0.265 e. The second-order valence-corrected chi connectivity index (χ2v) is 10.5. The summed E-state index contributed by atoms with van der Waals surface area (Å²) in [5.41, 5.74) is 0.165. The van der Waals surface area contributed by atoms with Gasteiger partial charge in [0.15, 0.2) is 17.3 Å². The van der Waals surface area contributed by atoms with E-state index in [1.165, 1.54) is 61.5 Å². The number of aryl methyl sites for hydroxylation is 1. The summed E-state index contributed by atoms with van der Waals surface area (Å²) in [5, 5.41) is 12.3. The third kappa shape index (κ3) is 5.27. The molecule has 1 unspecified atom stereocenters. The highest BCUT2D eigenvalue weighted by Crippen LogP contribution is 2.39. The number of nitrogens with zero attached hydrogens (tertiary/aromatic N) is 5. The molecule has 4 rings (SSSR count). The molecular formula is C25H24ClF2N5O4S. The number of benzene rings is 3. The van der Waals surface area contributed by atoms with E-state index in [1.54, 1.807) is 14.0 Å². The SMILES string of the molecule is COc1ccc(S(=O)(=O)N(c2ccc(Cl)cc2Cc2c(F)cccc2F)C(C)c2nnn(C)n2)cc1OC. The van der Waals surface area contributed by atoms with Crippen LogP contribution in [0, 0.1) is 11.6 Å². The van der Waals surface area contributed by atoms with Gasteiger partial charge in [0.2, 0.25) is 0 Å². The molecule has 3 aromatic carbocycles. The van der Waals surface area contributed by atoms with Crippen molar-refractivity contribution in [1.29, 1.82) is 0 Å². The summed E-state index contributed by atoms with van der Waals surface area (Å²) in [6.45, 7) is 1.58. The predicted octanol–water partition coefficient (Wildman–Crippen LogP) is 4.71. The molecule has 9 nitrogen and oxygen atoms in total. The van der Waals surface area contributed by atoms with Gasteiger partial charge in [-0.15, -0.1) is 10.2 Å². The molecule has 0 amide bonds. The minimum absolute atomic E-state index is 0.106. The minimum Gasteiger partial charge on any atom is -0.493 e. The van der Waals surface area contributed by atoms with Crippen LogP contribution in [-0.2, 0) is 23.5 Å².